The van der Waals surface area contributed by atoms with Gasteiger partial charge in [0.15, 0.2) is 0 Å². The SMILES string of the molecule is CCCc1ccc(-c2ccc(CN)cc2C)c(C)c1. The minimum absolute atomic E-state index is 0.607. The fourth-order valence-electron chi connectivity index (χ4n) is 2.63. The molecule has 0 unspecified atom stereocenters. The molecular formula is C18H23N. The predicted molar refractivity (Wildman–Crippen MR) is 83.2 cm³/mol. The second-order valence-corrected chi connectivity index (χ2v) is 5.25. The monoisotopic (exact) mass is 253 g/mol. The molecule has 0 saturated heterocycles. The van der Waals surface area contributed by atoms with Crippen molar-refractivity contribution in [2.24, 2.45) is 5.73 Å². The van der Waals surface area contributed by atoms with Crippen molar-refractivity contribution in [1.29, 1.82) is 0 Å². The first-order chi connectivity index (χ1) is 9.15. The summed E-state index contributed by atoms with van der Waals surface area (Å²) in [5.74, 6) is 0. The fraction of sp³-hybridized carbons (Fsp3) is 0.333. The summed E-state index contributed by atoms with van der Waals surface area (Å²) in [5.41, 5.74) is 13.6. The second-order valence-electron chi connectivity index (χ2n) is 5.25. The van der Waals surface area contributed by atoms with E-state index in [9.17, 15) is 0 Å². The molecule has 2 aromatic carbocycles. The zero-order valence-electron chi connectivity index (χ0n) is 12.2. The van der Waals surface area contributed by atoms with Crippen LogP contribution < -0.4 is 5.73 Å². The standard InChI is InChI=1S/C18H23N/c1-4-5-15-6-8-17(13(2)10-15)18-9-7-16(12-19)11-14(18)3/h6-11H,4-5,12,19H2,1-3H3. The van der Waals surface area contributed by atoms with Crippen molar-refractivity contribution in [2.45, 2.75) is 40.2 Å². The van der Waals surface area contributed by atoms with E-state index in [4.69, 9.17) is 5.73 Å². The minimum Gasteiger partial charge on any atom is -0.326 e. The molecule has 2 N–H and O–H groups in total. The van der Waals surface area contributed by atoms with Gasteiger partial charge in [0.2, 0.25) is 0 Å². The molecule has 1 heteroatoms. The van der Waals surface area contributed by atoms with Crippen LogP contribution in [0.4, 0.5) is 0 Å². The van der Waals surface area contributed by atoms with Gasteiger partial charge >= 0.3 is 0 Å². The number of benzene rings is 2. The van der Waals surface area contributed by atoms with Crippen molar-refractivity contribution in [1.82, 2.24) is 0 Å². The van der Waals surface area contributed by atoms with Gasteiger partial charge in [-0.25, -0.2) is 0 Å². The first kappa shape index (κ1) is 13.8. The van der Waals surface area contributed by atoms with Gasteiger partial charge in [-0.3, -0.25) is 0 Å². The number of hydrogen-bond acceptors (Lipinski definition) is 1. The number of hydrogen-bond donors (Lipinski definition) is 1. The lowest BCUT2D eigenvalue weighted by Crippen LogP contribution is -1.97. The van der Waals surface area contributed by atoms with E-state index < -0.39 is 0 Å². The van der Waals surface area contributed by atoms with Crippen molar-refractivity contribution in [2.75, 3.05) is 0 Å². The third-order valence-corrected chi connectivity index (χ3v) is 3.65. The van der Waals surface area contributed by atoms with Gasteiger partial charge in [0.05, 0.1) is 0 Å². The van der Waals surface area contributed by atoms with Gasteiger partial charge in [0.25, 0.3) is 0 Å². The Morgan fingerprint density at radius 2 is 1.37 bits per heavy atom. The Kier molecular flexibility index (Phi) is 4.39. The number of rotatable bonds is 4. The average Bonchev–Trinajstić information content (AvgIpc) is 2.40. The maximum absolute atomic E-state index is 5.69. The van der Waals surface area contributed by atoms with Gasteiger partial charge in [-0.1, -0.05) is 49.7 Å². The normalized spacial score (nSPS) is 10.7. The highest BCUT2D eigenvalue weighted by Crippen LogP contribution is 2.28. The molecule has 1 nitrogen and oxygen atoms in total. The molecule has 0 saturated carbocycles. The summed E-state index contributed by atoms with van der Waals surface area (Å²) in [6, 6.07) is 13.3. The van der Waals surface area contributed by atoms with Crippen LogP contribution in [0.3, 0.4) is 0 Å². The molecule has 0 aliphatic carbocycles. The molecule has 0 radical (unpaired) electrons. The Morgan fingerprint density at radius 1 is 0.842 bits per heavy atom. The van der Waals surface area contributed by atoms with E-state index in [1.54, 1.807) is 0 Å². The van der Waals surface area contributed by atoms with E-state index in [1.807, 2.05) is 0 Å². The summed E-state index contributed by atoms with van der Waals surface area (Å²) in [6.45, 7) is 7.19. The van der Waals surface area contributed by atoms with Crippen molar-refractivity contribution in [3.05, 3.63) is 58.7 Å². The van der Waals surface area contributed by atoms with Gasteiger partial charge in [0.1, 0.15) is 0 Å². The second kappa shape index (κ2) is 6.03. The van der Waals surface area contributed by atoms with Crippen molar-refractivity contribution in [3.8, 4) is 11.1 Å². The summed E-state index contributed by atoms with van der Waals surface area (Å²) >= 11 is 0. The molecule has 0 amide bonds. The molecule has 0 heterocycles. The molecule has 0 atom stereocenters. The lowest BCUT2D eigenvalue weighted by Gasteiger charge is -2.12. The van der Waals surface area contributed by atoms with Gasteiger partial charge < -0.3 is 5.73 Å². The molecule has 0 bridgehead atoms. The van der Waals surface area contributed by atoms with E-state index in [-0.39, 0.29) is 0 Å². The Labute approximate surface area is 116 Å². The summed E-state index contributed by atoms with van der Waals surface area (Å²) < 4.78 is 0. The highest BCUT2D eigenvalue weighted by Gasteiger charge is 2.06. The minimum atomic E-state index is 0.607. The van der Waals surface area contributed by atoms with Crippen molar-refractivity contribution in [3.63, 3.8) is 0 Å². The molecule has 100 valence electrons. The van der Waals surface area contributed by atoms with Gasteiger partial charge in [-0.15, -0.1) is 0 Å². The Bertz CT molecular complexity index is 570. The van der Waals surface area contributed by atoms with Crippen LogP contribution in [0.25, 0.3) is 11.1 Å². The summed E-state index contributed by atoms with van der Waals surface area (Å²) in [6.07, 6.45) is 2.36. The smallest absolute Gasteiger partial charge is 0.0178 e. The molecule has 0 aliphatic rings. The van der Waals surface area contributed by atoms with Gasteiger partial charge in [-0.05, 0) is 53.6 Å². The van der Waals surface area contributed by atoms with Crippen LogP contribution in [0, 0.1) is 13.8 Å². The van der Waals surface area contributed by atoms with Gasteiger partial charge in [-0.2, -0.15) is 0 Å². The van der Waals surface area contributed by atoms with Crippen LogP contribution in [0.15, 0.2) is 36.4 Å². The van der Waals surface area contributed by atoms with Gasteiger partial charge in [0, 0.05) is 6.54 Å². The van der Waals surface area contributed by atoms with Crippen LogP contribution >= 0.6 is 0 Å². The quantitative estimate of drug-likeness (QED) is 0.859. The average molecular weight is 253 g/mol. The highest BCUT2D eigenvalue weighted by atomic mass is 14.5. The van der Waals surface area contributed by atoms with E-state index >= 15 is 0 Å². The van der Waals surface area contributed by atoms with Crippen molar-refractivity contribution < 1.29 is 0 Å². The Hall–Kier alpha value is -1.60. The first-order valence-electron chi connectivity index (χ1n) is 7.05. The highest BCUT2D eigenvalue weighted by molar-refractivity contribution is 5.71. The predicted octanol–water partition coefficient (Wildman–Crippen LogP) is 4.38. The number of aryl methyl sites for hydroxylation is 3. The fourth-order valence-corrected chi connectivity index (χ4v) is 2.63. The molecule has 19 heavy (non-hydrogen) atoms. The zero-order chi connectivity index (χ0) is 13.8. The first-order valence-corrected chi connectivity index (χ1v) is 7.05. The van der Waals surface area contributed by atoms with Crippen molar-refractivity contribution >= 4 is 0 Å². The maximum atomic E-state index is 5.69. The summed E-state index contributed by atoms with van der Waals surface area (Å²) in [4.78, 5) is 0. The van der Waals surface area contributed by atoms with Crippen LogP contribution in [0.2, 0.25) is 0 Å². The Balaban J connectivity index is 2.41. The summed E-state index contributed by atoms with van der Waals surface area (Å²) in [7, 11) is 0. The molecule has 2 aromatic rings. The molecule has 0 spiro atoms. The Morgan fingerprint density at radius 3 is 1.84 bits per heavy atom. The van der Waals surface area contributed by atoms with Crippen LogP contribution in [-0.2, 0) is 13.0 Å². The largest absolute Gasteiger partial charge is 0.326 e. The van der Waals surface area contributed by atoms with Crippen LogP contribution in [0.5, 0.6) is 0 Å². The zero-order valence-corrected chi connectivity index (χ0v) is 12.2. The molecule has 2 rings (SSSR count). The lowest BCUT2D eigenvalue weighted by atomic mass is 9.93. The molecule has 0 aromatic heterocycles. The van der Waals surface area contributed by atoms with E-state index in [0.29, 0.717) is 6.54 Å². The molecule has 0 aliphatic heterocycles. The maximum Gasteiger partial charge on any atom is 0.0178 e. The summed E-state index contributed by atoms with van der Waals surface area (Å²) in [5, 5.41) is 0. The molecular weight excluding hydrogens is 230 g/mol. The lowest BCUT2D eigenvalue weighted by molar-refractivity contribution is 0.920. The third kappa shape index (κ3) is 3.05. The van der Waals surface area contributed by atoms with E-state index in [1.165, 1.54) is 39.8 Å². The number of nitrogens with two attached hydrogens (primary N) is 1. The van der Waals surface area contributed by atoms with E-state index in [0.717, 1.165) is 6.42 Å². The third-order valence-electron chi connectivity index (χ3n) is 3.65. The van der Waals surface area contributed by atoms with E-state index in [2.05, 4.69) is 57.2 Å². The molecule has 0 fully saturated rings. The van der Waals surface area contributed by atoms with Crippen LogP contribution in [-0.4, -0.2) is 0 Å². The topological polar surface area (TPSA) is 26.0 Å². The van der Waals surface area contributed by atoms with Crippen LogP contribution in [0.1, 0.15) is 35.6 Å².